The van der Waals surface area contributed by atoms with E-state index in [9.17, 15) is 24.0 Å². The van der Waals surface area contributed by atoms with Gasteiger partial charge in [0.2, 0.25) is 5.78 Å². The fourth-order valence-corrected chi connectivity index (χ4v) is 3.44. The molecule has 0 amide bonds. The first kappa shape index (κ1) is 26.7. The molecule has 3 aromatic rings. The Hall–Kier alpha value is -4.87. The number of rotatable bonds is 10. The van der Waals surface area contributed by atoms with Crippen LogP contribution in [-0.2, 0) is 27.4 Å². The van der Waals surface area contributed by atoms with Crippen LogP contribution in [0, 0.1) is 0 Å². The van der Waals surface area contributed by atoms with Crippen LogP contribution in [0.5, 0.6) is 11.5 Å². The van der Waals surface area contributed by atoms with E-state index in [4.69, 9.17) is 19.9 Å². The van der Waals surface area contributed by atoms with Crippen molar-refractivity contribution in [1.82, 2.24) is 9.13 Å². The van der Waals surface area contributed by atoms with Gasteiger partial charge in [-0.05, 0) is 17.7 Å². The third-order valence-electron chi connectivity index (χ3n) is 5.37. The Labute approximate surface area is 210 Å². The SMILES string of the molecule is COC(=O)Cn1c(=O)c(C(=O)COC(=O)c2cc(OC)cc(OC)c2)c(N)n(Cc2ccccc2)c1=O. The van der Waals surface area contributed by atoms with Crippen LogP contribution in [0.4, 0.5) is 5.82 Å². The standard InChI is InChI=1S/C25H25N3O9/c1-34-17-9-16(10-18(11-17)35-2)24(32)37-14-19(29)21-22(26)27(12-15-7-5-4-6-8-15)25(33)28(23(21)31)13-20(30)36-3/h4-11H,12-14,26H2,1-3H3. The Kier molecular flexibility index (Phi) is 8.46. The maximum Gasteiger partial charge on any atom is 0.338 e. The number of esters is 2. The quantitative estimate of drug-likeness (QED) is 0.306. The summed E-state index contributed by atoms with van der Waals surface area (Å²) in [5.41, 5.74) is 4.16. The summed E-state index contributed by atoms with van der Waals surface area (Å²) in [6.45, 7) is -1.69. The number of Topliss-reactive ketones (excluding diaryl/α,β-unsaturated/α-hetero) is 1. The Morgan fingerprint density at radius 2 is 1.51 bits per heavy atom. The second-order valence-electron chi connectivity index (χ2n) is 7.68. The fourth-order valence-electron chi connectivity index (χ4n) is 3.44. The van der Waals surface area contributed by atoms with E-state index in [1.54, 1.807) is 36.4 Å². The van der Waals surface area contributed by atoms with Crippen molar-refractivity contribution < 1.29 is 33.3 Å². The zero-order chi connectivity index (χ0) is 27.1. The molecule has 0 aliphatic heterocycles. The second kappa shape index (κ2) is 11.7. The summed E-state index contributed by atoms with van der Waals surface area (Å²) in [6.07, 6.45) is 0. The smallest absolute Gasteiger partial charge is 0.338 e. The molecular formula is C25H25N3O9. The maximum absolute atomic E-state index is 13.1. The summed E-state index contributed by atoms with van der Waals surface area (Å²) >= 11 is 0. The predicted molar refractivity (Wildman–Crippen MR) is 131 cm³/mol. The molecule has 0 spiro atoms. The van der Waals surface area contributed by atoms with Crippen molar-refractivity contribution in [2.75, 3.05) is 33.7 Å². The maximum atomic E-state index is 13.1. The number of nitrogen functional groups attached to an aromatic ring is 1. The van der Waals surface area contributed by atoms with Gasteiger partial charge < -0.3 is 24.7 Å². The third-order valence-corrected chi connectivity index (χ3v) is 5.37. The van der Waals surface area contributed by atoms with Gasteiger partial charge in [-0.15, -0.1) is 0 Å². The molecule has 194 valence electrons. The monoisotopic (exact) mass is 511 g/mol. The van der Waals surface area contributed by atoms with E-state index in [2.05, 4.69) is 4.74 Å². The van der Waals surface area contributed by atoms with E-state index in [1.165, 1.54) is 26.4 Å². The fraction of sp³-hybridized carbons (Fsp3) is 0.240. The molecule has 0 saturated carbocycles. The van der Waals surface area contributed by atoms with Crippen molar-refractivity contribution in [3.8, 4) is 11.5 Å². The van der Waals surface area contributed by atoms with E-state index in [1.807, 2.05) is 0 Å². The molecule has 0 aliphatic carbocycles. The molecule has 37 heavy (non-hydrogen) atoms. The average Bonchev–Trinajstić information content (AvgIpc) is 2.92. The van der Waals surface area contributed by atoms with Crippen molar-refractivity contribution in [2.45, 2.75) is 13.1 Å². The van der Waals surface area contributed by atoms with E-state index < -0.39 is 53.5 Å². The minimum absolute atomic E-state index is 0.0362. The highest BCUT2D eigenvalue weighted by atomic mass is 16.5. The number of hydrogen-bond acceptors (Lipinski definition) is 10. The number of methoxy groups -OCH3 is 3. The van der Waals surface area contributed by atoms with Crippen molar-refractivity contribution in [1.29, 1.82) is 0 Å². The number of nitrogens with zero attached hydrogens (tertiary/aromatic N) is 2. The van der Waals surface area contributed by atoms with Crippen LogP contribution in [0.1, 0.15) is 26.3 Å². The van der Waals surface area contributed by atoms with Crippen LogP contribution in [0.25, 0.3) is 0 Å². The summed E-state index contributed by atoms with van der Waals surface area (Å²) in [4.78, 5) is 63.6. The number of aromatic nitrogens is 2. The first-order valence-electron chi connectivity index (χ1n) is 10.9. The zero-order valence-electron chi connectivity index (χ0n) is 20.4. The summed E-state index contributed by atoms with van der Waals surface area (Å²) in [7, 11) is 3.89. The van der Waals surface area contributed by atoms with Gasteiger partial charge in [0.25, 0.3) is 5.56 Å². The molecule has 0 bridgehead atoms. The number of ether oxygens (including phenoxy) is 4. The molecule has 3 rings (SSSR count). The van der Waals surface area contributed by atoms with Gasteiger partial charge >= 0.3 is 17.6 Å². The van der Waals surface area contributed by atoms with E-state index in [0.29, 0.717) is 21.6 Å². The first-order chi connectivity index (χ1) is 17.7. The average molecular weight is 511 g/mol. The molecule has 0 unspecified atom stereocenters. The van der Waals surface area contributed by atoms with Crippen LogP contribution in [-0.4, -0.2) is 54.8 Å². The lowest BCUT2D eigenvalue weighted by Crippen LogP contribution is -2.46. The van der Waals surface area contributed by atoms with E-state index >= 15 is 0 Å². The molecule has 2 aromatic carbocycles. The molecule has 12 nitrogen and oxygen atoms in total. The second-order valence-corrected chi connectivity index (χ2v) is 7.68. The van der Waals surface area contributed by atoms with Crippen LogP contribution >= 0.6 is 0 Å². The minimum Gasteiger partial charge on any atom is -0.497 e. The Balaban J connectivity index is 1.98. The highest BCUT2D eigenvalue weighted by Gasteiger charge is 2.25. The Morgan fingerprint density at radius 1 is 0.892 bits per heavy atom. The van der Waals surface area contributed by atoms with Gasteiger partial charge in [-0.2, -0.15) is 0 Å². The highest BCUT2D eigenvalue weighted by molar-refractivity contribution is 6.02. The van der Waals surface area contributed by atoms with Crippen LogP contribution in [0.2, 0.25) is 0 Å². The van der Waals surface area contributed by atoms with E-state index in [-0.39, 0.29) is 12.1 Å². The summed E-state index contributed by atoms with van der Waals surface area (Å²) in [6, 6.07) is 13.0. The molecular weight excluding hydrogens is 486 g/mol. The molecule has 0 fully saturated rings. The molecule has 0 aliphatic rings. The number of carbonyl (C=O) groups is 3. The topological polar surface area (TPSA) is 158 Å². The molecule has 1 heterocycles. The van der Waals surface area contributed by atoms with Crippen molar-refractivity contribution in [3.05, 3.63) is 86.1 Å². The summed E-state index contributed by atoms with van der Waals surface area (Å²) < 4.78 is 21.4. The lowest BCUT2D eigenvalue weighted by Gasteiger charge is -2.16. The summed E-state index contributed by atoms with van der Waals surface area (Å²) in [5, 5.41) is 0. The molecule has 0 radical (unpaired) electrons. The number of ketones is 1. The number of hydrogen-bond donors (Lipinski definition) is 1. The molecule has 0 saturated heterocycles. The number of benzene rings is 2. The predicted octanol–water partition coefficient (Wildman–Crippen LogP) is 0.870. The van der Waals surface area contributed by atoms with Gasteiger partial charge in [0.15, 0.2) is 6.61 Å². The third kappa shape index (κ3) is 6.04. The number of carbonyl (C=O) groups excluding carboxylic acids is 3. The van der Waals surface area contributed by atoms with Crippen LogP contribution < -0.4 is 26.5 Å². The molecule has 0 atom stereocenters. The van der Waals surface area contributed by atoms with Crippen molar-refractivity contribution in [3.63, 3.8) is 0 Å². The van der Waals surface area contributed by atoms with Gasteiger partial charge in [0, 0.05) is 6.07 Å². The summed E-state index contributed by atoms with van der Waals surface area (Å²) in [5.74, 6) is -2.53. The van der Waals surface area contributed by atoms with Gasteiger partial charge in [0.05, 0.1) is 33.4 Å². The van der Waals surface area contributed by atoms with Crippen LogP contribution in [0.15, 0.2) is 58.1 Å². The van der Waals surface area contributed by atoms with Gasteiger partial charge in [-0.1, -0.05) is 30.3 Å². The lowest BCUT2D eigenvalue weighted by atomic mass is 10.1. The van der Waals surface area contributed by atoms with Gasteiger partial charge in [-0.3, -0.25) is 19.0 Å². The first-order valence-corrected chi connectivity index (χ1v) is 10.9. The molecule has 12 heteroatoms. The van der Waals surface area contributed by atoms with Gasteiger partial charge in [-0.25, -0.2) is 14.2 Å². The molecule has 2 N–H and O–H groups in total. The van der Waals surface area contributed by atoms with Gasteiger partial charge in [0.1, 0.15) is 29.4 Å². The minimum atomic E-state index is -1.11. The van der Waals surface area contributed by atoms with Crippen molar-refractivity contribution in [2.24, 2.45) is 0 Å². The van der Waals surface area contributed by atoms with Crippen molar-refractivity contribution >= 4 is 23.5 Å². The largest absolute Gasteiger partial charge is 0.497 e. The Morgan fingerprint density at radius 3 is 2.08 bits per heavy atom. The Bertz CT molecular complexity index is 1420. The zero-order valence-corrected chi connectivity index (χ0v) is 20.4. The lowest BCUT2D eigenvalue weighted by molar-refractivity contribution is -0.141. The van der Waals surface area contributed by atoms with Crippen LogP contribution in [0.3, 0.4) is 0 Å². The van der Waals surface area contributed by atoms with E-state index in [0.717, 1.165) is 11.7 Å². The number of nitrogens with two attached hydrogens (primary N) is 1. The number of anilines is 1. The molecule has 1 aromatic heterocycles. The normalized spacial score (nSPS) is 10.5. The highest BCUT2D eigenvalue weighted by Crippen LogP contribution is 2.23.